The summed E-state index contributed by atoms with van der Waals surface area (Å²) in [5.74, 6) is 0. The number of likely N-dealkylation sites (N-methyl/N-ethyl adjacent to an activating group) is 1. The van der Waals surface area contributed by atoms with E-state index in [1.807, 2.05) is 12.4 Å². The van der Waals surface area contributed by atoms with E-state index < -0.39 is 0 Å². The number of hydrogen-bond donors (Lipinski definition) is 1. The maximum Gasteiger partial charge on any atom is 0.0515 e. The minimum absolute atomic E-state index is 0.411. The van der Waals surface area contributed by atoms with Crippen molar-refractivity contribution in [1.82, 2.24) is 5.32 Å². The Morgan fingerprint density at radius 2 is 2.42 bits per heavy atom. The van der Waals surface area contributed by atoms with Crippen LogP contribution in [0.3, 0.4) is 0 Å². The maximum atomic E-state index is 5.84. The number of rotatable bonds is 3. The summed E-state index contributed by atoms with van der Waals surface area (Å²) in [5, 5.41) is 6.25. The molecule has 3 heteroatoms. The molecule has 0 aliphatic heterocycles. The van der Waals surface area contributed by atoms with Crippen LogP contribution in [0.4, 0.5) is 0 Å². The number of nitrogens with one attached hydrogen (secondary N) is 1. The zero-order chi connectivity index (χ0) is 8.60. The Balaban J connectivity index is 2.04. The number of halogens is 1. The van der Waals surface area contributed by atoms with Crippen molar-refractivity contribution < 1.29 is 0 Å². The molecule has 0 radical (unpaired) electrons. The van der Waals surface area contributed by atoms with Crippen LogP contribution < -0.4 is 5.32 Å². The smallest absolute Gasteiger partial charge is 0.0515 e. The van der Waals surface area contributed by atoms with Crippen LogP contribution in [0, 0.1) is 0 Å². The Morgan fingerprint density at radius 3 is 2.83 bits per heavy atom. The highest BCUT2D eigenvalue weighted by atomic mass is 35.5. The lowest BCUT2D eigenvalue weighted by molar-refractivity contribution is 0.553. The molecule has 0 aromatic carbocycles. The van der Waals surface area contributed by atoms with Crippen LogP contribution >= 0.6 is 22.9 Å². The minimum Gasteiger partial charge on any atom is -0.314 e. The summed E-state index contributed by atoms with van der Waals surface area (Å²) in [4.78, 5) is 1.40. The van der Waals surface area contributed by atoms with Crippen molar-refractivity contribution in [2.24, 2.45) is 0 Å². The molecule has 1 aromatic heterocycles. The summed E-state index contributed by atoms with van der Waals surface area (Å²) in [6, 6.07) is 2.07. The Kier molecular flexibility index (Phi) is 2.15. The Bertz CT molecular complexity index is 278. The molecule has 0 spiro atoms. The monoisotopic (exact) mass is 201 g/mol. The lowest BCUT2D eigenvalue weighted by Gasteiger charge is -2.11. The SMILES string of the molecule is CNC1(Cc2cc(Cl)cs2)CC1. The molecule has 1 nitrogen and oxygen atoms in total. The van der Waals surface area contributed by atoms with Gasteiger partial charge in [0.25, 0.3) is 0 Å². The van der Waals surface area contributed by atoms with Gasteiger partial charge in [-0.1, -0.05) is 11.6 Å². The van der Waals surface area contributed by atoms with E-state index in [0.717, 1.165) is 11.4 Å². The minimum atomic E-state index is 0.411. The summed E-state index contributed by atoms with van der Waals surface area (Å²) in [6.45, 7) is 0. The van der Waals surface area contributed by atoms with Gasteiger partial charge < -0.3 is 5.32 Å². The zero-order valence-corrected chi connectivity index (χ0v) is 8.63. The molecule has 1 heterocycles. The van der Waals surface area contributed by atoms with E-state index in [0.29, 0.717) is 5.54 Å². The predicted molar refractivity (Wildman–Crippen MR) is 54.1 cm³/mol. The highest BCUT2D eigenvalue weighted by molar-refractivity contribution is 7.10. The van der Waals surface area contributed by atoms with Crippen molar-refractivity contribution in [3.8, 4) is 0 Å². The second-order valence-corrected chi connectivity index (χ2v) is 4.87. The summed E-state index contributed by atoms with van der Waals surface area (Å²) < 4.78 is 0. The third-order valence-corrected chi connectivity index (χ3v) is 3.80. The fourth-order valence-corrected chi connectivity index (χ4v) is 2.66. The molecule has 0 atom stereocenters. The van der Waals surface area contributed by atoms with Gasteiger partial charge in [-0.05, 0) is 32.4 Å². The molecule has 1 saturated carbocycles. The molecule has 0 amide bonds. The van der Waals surface area contributed by atoms with E-state index >= 15 is 0 Å². The Morgan fingerprint density at radius 1 is 1.67 bits per heavy atom. The van der Waals surface area contributed by atoms with Gasteiger partial charge in [0, 0.05) is 15.8 Å². The highest BCUT2D eigenvalue weighted by Crippen LogP contribution is 2.39. The molecule has 2 rings (SSSR count). The number of hydrogen-bond acceptors (Lipinski definition) is 2. The van der Waals surface area contributed by atoms with Crippen LogP contribution in [-0.2, 0) is 6.42 Å². The van der Waals surface area contributed by atoms with Crippen LogP contribution in [0.1, 0.15) is 17.7 Å². The fraction of sp³-hybridized carbons (Fsp3) is 0.556. The summed E-state index contributed by atoms with van der Waals surface area (Å²) in [5.41, 5.74) is 0.411. The van der Waals surface area contributed by atoms with Gasteiger partial charge in [0.1, 0.15) is 0 Å². The quantitative estimate of drug-likeness (QED) is 0.793. The van der Waals surface area contributed by atoms with Gasteiger partial charge in [-0.2, -0.15) is 0 Å². The van der Waals surface area contributed by atoms with E-state index in [1.165, 1.54) is 17.7 Å². The van der Waals surface area contributed by atoms with Crippen LogP contribution in [0.5, 0.6) is 0 Å². The lowest BCUT2D eigenvalue weighted by Crippen LogP contribution is -2.29. The van der Waals surface area contributed by atoms with Gasteiger partial charge in [0.05, 0.1) is 5.02 Å². The number of thiophene rings is 1. The molecule has 12 heavy (non-hydrogen) atoms. The van der Waals surface area contributed by atoms with Crippen LogP contribution in [0.25, 0.3) is 0 Å². The van der Waals surface area contributed by atoms with E-state index in [9.17, 15) is 0 Å². The molecule has 1 aliphatic carbocycles. The molecule has 1 aromatic rings. The van der Waals surface area contributed by atoms with E-state index in [4.69, 9.17) is 11.6 Å². The van der Waals surface area contributed by atoms with Crippen molar-refractivity contribution in [1.29, 1.82) is 0 Å². The van der Waals surface area contributed by atoms with E-state index in [1.54, 1.807) is 11.3 Å². The standard InChI is InChI=1S/C9H12ClNS/c1-11-9(2-3-9)5-8-4-7(10)6-12-8/h4,6,11H,2-3,5H2,1H3. The van der Waals surface area contributed by atoms with Crippen LogP contribution in [0.15, 0.2) is 11.4 Å². The molecular weight excluding hydrogens is 190 g/mol. The largest absolute Gasteiger partial charge is 0.314 e. The first-order valence-electron chi connectivity index (χ1n) is 4.16. The predicted octanol–water partition coefficient (Wildman–Crippen LogP) is 2.70. The second kappa shape index (κ2) is 3.02. The highest BCUT2D eigenvalue weighted by Gasteiger charge is 2.40. The third-order valence-electron chi connectivity index (χ3n) is 2.52. The fourth-order valence-electron chi connectivity index (χ4n) is 1.45. The van der Waals surface area contributed by atoms with Gasteiger partial charge in [-0.15, -0.1) is 11.3 Å². The normalized spacial score (nSPS) is 19.5. The Hall–Kier alpha value is -0.0500. The van der Waals surface area contributed by atoms with E-state index in [2.05, 4.69) is 11.4 Å². The average molecular weight is 202 g/mol. The molecule has 1 N–H and O–H groups in total. The Labute approximate surface area is 81.7 Å². The summed E-state index contributed by atoms with van der Waals surface area (Å²) >= 11 is 7.60. The van der Waals surface area contributed by atoms with Crippen molar-refractivity contribution in [2.75, 3.05) is 7.05 Å². The summed E-state index contributed by atoms with van der Waals surface area (Å²) in [7, 11) is 2.04. The summed E-state index contributed by atoms with van der Waals surface area (Å²) in [6.07, 6.45) is 3.75. The van der Waals surface area contributed by atoms with Crippen molar-refractivity contribution in [3.05, 3.63) is 21.3 Å². The molecule has 1 fully saturated rings. The van der Waals surface area contributed by atoms with Crippen LogP contribution in [0.2, 0.25) is 5.02 Å². The first kappa shape index (κ1) is 8.54. The van der Waals surface area contributed by atoms with Crippen LogP contribution in [-0.4, -0.2) is 12.6 Å². The zero-order valence-electron chi connectivity index (χ0n) is 7.06. The topological polar surface area (TPSA) is 12.0 Å². The average Bonchev–Trinajstić information content (AvgIpc) is 2.71. The van der Waals surface area contributed by atoms with Gasteiger partial charge in [-0.3, -0.25) is 0 Å². The van der Waals surface area contributed by atoms with Crippen molar-refractivity contribution in [3.63, 3.8) is 0 Å². The van der Waals surface area contributed by atoms with E-state index in [-0.39, 0.29) is 0 Å². The van der Waals surface area contributed by atoms with Gasteiger partial charge >= 0.3 is 0 Å². The molecular formula is C9H12ClNS. The first-order chi connectivity index (χ1) is 5.74. The van der Waals surface area contributed by atoms with Gasteiger partial charge in [0.15, 0.2) is 0 Å². The van der Waals surface area contributed by atoms with Crippen molar-refractivity contribution in [2.45, 2.75) is 24.8 Å². The molecule has 66 valence electrons. The molecule has 0 saturated heterocycles. The van der Waals surface area contributed by atoms with Gasteiger partial charge in [-0.25, -0.2) is 0 Å². The molecule has 0 unspecified atom stereocenters. The second-order valence-electron chi connectivity index (χ2n) is 3.44. The van der Waals surface area contributed by atoms with Gasteiger partial charge in [0.2, 0.25) is 0 Å². The maximum absolute atomic E-state index is 5.84. The molecule has 1 aliphatic rings. The third kappa shape index (κ3) is 1.65. The molecule has 0 bridgehead atoms. The lowest BCUT2D eigenvalue weighted by atomic mass is 10.1. The first-order valence-corrected chi connectivity index (χ1v) is 5.42. The van der Waals surface area contributed by atoms with Crippen molar-refractivity contribution >= 4 is 22.9 Å².